The molecule has 30 heavy (non-hydrogen) atoms. The van der Waals surface area contributed by atoms with Gasteiger partial charge in [0, 0.05) is 38.6 Å². The molecule has 1 fully saturated rings. The van der Waals surface area contributed by atoms with Crippen molar-refractivity contribution in [2.24, 2.45) is 0 Å². The Bertz CT molecular complexity index is 1030. The molecule has 0 saturated carbocycles. The molecule has 1 aromatic carbocycles. The van der Waals surface area contributed by atoms with Gasteiger partial charge < -0.3 is 14.5 Å². The fourth-order valence-corrected chi connectivity index (χ4v) is 4.19. The summed E-state index contributed by atoms with van der Waals surface area (Å²) in [6, 6.07) is 8.31. The van der Waals surface area contributed by atoms with E-state index in [2.05, 4.69) is 35.0 Å². The molecule has 4 rings (SSSR count). The number of hydrogen-bond acceptors (Lipinski definition) is 5. The highest BCUT2D eigenvalue weighted by Gasteiger charge is 2.23. The maximum absolute atomic E-state index is 12.8. The molecule has 8 nitrogen and oxygen atoms in total. The number of anilines is 1. The molecule has 8 heteroatoms. The Labute approximate surface area is 177 Å². The molecular formula is C22H30N6O2. The first-order valence-electron chi connectivity index (χ1n) is 10.6. The highest BCUT2D eigenvalue weighted by atomic mass is 16.5. The fraction of sp³-hybridized carbons (Fsp3) is 0.500. The van der Waals surface area contributed by atoms with Crippen LogP contribution in [-0.2, 0) is 11.3 Å². The van der Waals surface area contributed by atoms with Crippen LogP contribution in [0, 0.1) is 6.92 Å². The van der Waals surface area contributed by atoms with E-state index in [0.29, 0.717) is 13.0 Å². The van der Waals surface area contributed by atoms with Crippen LogP contribution in [0.15, 0.2) is 30.5 Å². The molecule has 0 aliphatic carbocycles. The lowest BCUT2D eigenvalue weighted by molar-refractivity contribution is -0.131. The topological polar surface area (TPSA) is 68.4 Å². The SMILES string of the molecule is COc1ccccc1N1CCN(C(=O)CCn2ncc3c2c(C)nn3C(C)C)CC1. The van der Waals surface area contributed by atoms with Crippen LogP contribution in [-0.4, -0.2) is 63.7 Å². The van der Waals surface area contributed by atoms with Crippen LogP contribution >= 0.6 is 0 Å². The highest BCUT2D eigenvalue weighted by molar-refractivity contribution is 5.79. The molecule has 160 valence electrons. The van der Waals surface area contributed by atoms with Crippen molar-refractivity contribution in [1.29, 1.82) is 0 Å². The number of aromatic nitrogens is 4. The average Bonchev–Trinajstić information content (AvgIpc) is 3.33. The third-order valence-electron chi connectivity index (χ3n) is 5.75. The summed E-state index contributed by atoms with van der Waals surface area (Å²) in [6.45, 7) is 9.83. The normalized spacial score (nSPS) is 14.7. The first-order valence-corrected chi connectivity index (χ1v) is 10.6. The van der Waals surface area contributed by atoms with Gasteiger partial charge in [-0.05, 0) is 32.9 Å². The van der Waals surface area contributed by atoms with Gasteiger partial charge in [0.15, 0.2) is 0 Å². The average molecular weight is 411 g/mol. The zero-order valence-corrected chi connectivity index (χ0v) is 18.2. The van der Waals surface area contributed by atoms with Gasteiger partial charge in [0.05, 0.1) is 31.2 Å². The van der Waals surface area contributed by atoms with Gasteiger partial charge in [-0.25, -0.2) is 0 Å². The molecule has 0 spiro atoms. The van der Waals surface area contributed by atoms with E-state index >= 15 is 0 Å². The number of benzene rings is 1. The number of para-hydroxylation sites is 2. The predicted octanol–water partition coefficient (Wildman–Crippen LogP) is 2.87. The predicted molar refractivity (Wildman–Crippen MR) is 117 cm³/mol. The van der Waals surface area contributed by atoms with Crippen molar-refractivity contribution in [3.63, 3.8) is 0 Å². The molecular weight excluding hydrogens is 380 g/mol. The maximum Gasteiger partial charge on any atom is 0.224 e. The van der Waals surface area contributed by atoms with Crippen LogP contribution in [0.25, 0.3) is 11.0 Å². The van der Waals surface area contributed by atoms with Gasteiger partial charge in [-0.15, -0.1) is 0 Å². The first kappa shape index (κ1) is 20.3. The Hall–Kier alpha value is -3.03. The number of methoxy groups -OCH3 is 1. The summed E-state index contributed by atoms with van der Waals surface area (Å²) in [6.07, 6.45) is 2.30. The highest BCUT2D eigenvalue weighted by Crippen LogP contribution is 2.28. The Balaban J connectivity index is 1.36. The summed E-state index contributed by atoms with van der Waals surface area (Å²) < 4.78 is 9.38. The maximum atomic E-state index is 12.8. The minimum absolute atomic E-state index is 0.173. The van der Waals surface area contributed by atoms with Crippen LogP contribution < -0.4 is 9.64 Å². The largest absolute Gasteiger partial charge is 0.495 e. The quantitative estimate of drug-likeness (QED) is 0.625. The number of carbonyl (C=O) groups excluding carboxylic acids is 1. The van der Waals surface area contributed by atoms with Gasteiger partial charge in [0.2, 0.25) is 5.91 Å². The number of nitrogens with zero attached hydrogens (tertiary/aromatic N) is 6. The van der Waals surface area contributed by atoms with Crippen molar-refractivity contribution in [3.8, 4) is 5.75 Å². The second-order valence-electron chi connectivity index (χ2n) is 8.01. The lowest BCUT2D eigenvalue weighted by Crippen LogP contribution is -2.49. The Kier molecular flexibility index (Phi) is 5.65. The number of aryl methyl sites for hydroxylation is 2. The third-order valence-corrected chi connectivity index (χ3v) is 5.75. The second kappa shape index (κ2) is 8.38. The molecule has 0 bridgehead atoms. The number of piperazine rings is 1. The Morgan fingerprint density at radius 3 is 2.60 bits per heavy atom. The van der Waals surface area contributed by atoms with Crippen molar-refractivity contribution in [2.75, 3.05) is 38.2 Å². The van der Waals surface area contributed by atoms with Crippen molar-refractivity contribution in [2.45, 2.75) is 39.8 Å². The molecule has 1 amide bonds. The van der Waals surface area contributed by atoms with E-state index in [1.54, 1.807) is 7.11 Å². The molecule has 1 aliphatic rings. The lowest BCUT2D eigenvalue weighted by atomic mass is 10.2. The lowest BCUT2D eigenvalue weighted by Gasteiger charge is -2.36. The van der Waals surface area contributed by atoms with Gasteiger partial charge in [-0.2, -0.15) is 10.2 Å². The van der Waals surface area contributed by atoms with Crippen LogP contribution in [0.5, 0.6) is 5.75 Å². The van der Waals surface area contributed by atoms with Gasteiger partial charge in [0.1, 0.15) is 16.8 Å². The summed E-state index contributed by atoms with van der Waals surface area (Å²) in [5.74, 6) is 1.05. The van der Waals surface area contributed by atoms with Crippen molar-refractivity contribution < 1.29 is 9.53 Å². The number of ether oxygens (including phenoxy) is 1. The molecule has 3 heterocycles. The summed E-state index contributed by atoms with van der Waals surface area (Å²) in [5, 5.41) is 9.13. The van der Waals surface area contributed by atoms with Gasteiger partial charge in [0.25, 0.3) is 0 Å². The van der Waals surface area contributed by atoms with E-state index in [9.17, 15) is 4.79 Å². The van der Waals surface area contributed by atoms with Gasteiger partial charge in [-0.3, -0.25) is 14.2 Å². The summed E-state index contributed by atoms with van der Waals surface area (Å²) >= 11 is 0. The number of rotatable bonds is 6. The Morgan fingerprint density at radius 2 is 1.90 bits per heavy atom. The summed E-state index contributed by atoms with van der Waals surface area (Å²) in [7, 11) is 1.69. The minimum Gasteiger partial charge on any atom is -0.495 e. The van der Waals surface area contributed by atoms with Crippen LogP contribution in [0.1, 0.15) is 32.0 Å². The van der Waals surface area contributed by atoms with Gasteiger partial charge in [-0.1, -0.05) is 12.1 Å². The molecule has 0 unspecified atom stereocenters. The molecule has 1 aliphatic heterocycles. The van der Waals surface area contributed by atoms with E-state index in [-0.39, 0.29) is 11.9 Å². The van der Waals surface area contributed by atoms with Crippen molar-refractivity contribution >= 4 is 22.6 Å². The van der Waals surface area contributed by atoms with E-state index in [1.165, 1.54) is 0 Å². The van der Waals surface area contributed by atoms with E-state index < -0.39 is 0 Å². The molecule has 0 N–H and O–H groups in total. The van der Waals surface area contributed by atoms with E-state index in [4.69, 9.17) is 4.74 Å². The van der Waals surface area contributed by atoms with Crippen LogP contribution in [0.2, 0.25) is 0 Å². The number of fused-ring (bicyclic) bond motifs is 1. The standard InChI is InChI=1S/C22H30N6O2/c1-16(2)28-19-15-23-27(22(19)17(3)24-28)10-9-21(29)26-13-11-25(12-14-26)18-7-5-6-8-20(18)30-4/h5-8,15-16H,9-14H2,1-4H3. The molecule has 3 aromatic rings. The number of amides is 1. The Morgan fingerprint density at radius 1 is 1.17 bits per heavy atom. The zero-order chi connectivity index (χ0) is 21.3. The zero-order valence-electron chi connectivity index (χ0n) is 18.2. The first-order chi connectivity index (χ1) is 14.5. The van der Waals surface area contributed by atoms with Crippen molar-refractivity contribution in [3.05, 3.63) is 36.2 Å². The van der Waals surface area contributed by atoms with Crippen LogP contribution in [0.3, 0.4) is 0 Å². The van der Waals surface area contributed by atoms with Crippen LogP contribution in [0.4, 0.5) is 5.69 Å². The van der Waals surface area contributed by atoms with E-state index in [1.807, 2.05) is 45.6 Å². The smallest absolute Gasteiger partial charge is 0.224 e. The monoisotopic (exact) mass is 410 g/mol. The number of hydrogen-bond donors (Lipinski definition) is 0. The van der Waals surface area contributed by atoms with Gasteiger partial charge >= 0.3 is 0 Å². The fourth-order valence-electron chi connectivity index (χ4n) is 4.19. The molecule has 0 radical (unpaired) electrons. The molecule has 0 atom stereocenters. The van der Waals surface area contributed by atoms with E-state index in [0.717, 1.165) is 54.3 Å². The molecule has 2 aromatic heterocycles. The number of carbonyl (C=O) groups is 1. The third kappa shape index (κ3) is 3.74. The second-order valence-corrected chi connectivity index (χ2v) is 8.01. The van der Waals surface area contributed by atoms with Crippen molar-refractivity contribution in [1.82, 2.24) is 24.5 Å². The summed E-state index contributed by atoms with van der Waals surface area (Å²) in [5.41, 5.74) is 4.09. The minimum atomic E-state index is 0.173. The summed E-state index contributed by atoms with van der Waals surface area (Å²) in [4.78, 5) is 17.1. The molecule has 1 saturated heterocycles.